The highest BCUT2D eigenvalue weighted by Crippen LogP contribution is 2.32. The van der Waals surface area contributed by atoms with Crippen LogP contribution in [-0.4, -0.2) is 66.9 Å². The van der Waals surface area contributed by atoms with Crippen LogP contribution in [0.3, 0.4) is 0 Å². The van der Waals surface area contributed by atoms with Crippen LogP contribution in [-0.2, 0) is 6.18 Å². The Morgan fingerprint density at radius 3 is 2.10 bits per heavy atom. The van der Waals surface area contributed by atoms with Crippen molar-refractivity contribution < 1.29 is 22.8 Å². The zero-order chi connectivity index (χ0) is 21.9. The van der Waals surface area contributed by atoms with Crippen molar-refractivity contribution >= 4 is 17.5 Å². The lowest BCUT2D eigenvalue weighted by atomic mass is 10.1. The molecular formula is C21H23F3N4O2. The normalized spacial score (nSPS) is 15.0. The van der Waals surface area contributed by atoms with Gasteiger partial charge in [-0.2, -0.15) is 13.2 Å². The van der Waals surface area contributed by atoms with E-state index in [9.17, 15) is 22.8 Å². The lowest BCUT2D eigenvalue weighted by Crippen LogP contribution is -2.38. The van der Waals surface area contributed by atoms with Crippen molar-refractivity contribution in [2.24, 2.45) is 0 Å². The summed E-state index contributed by atoms with van der Waals surface area (Å²) in [5.74, 6) is -0.882. The van der Waals surface area contributed by atoms with Crippen molar-refractivity contribution in [1.29, 1.82) is 0 Å². The number of nitrogens with zero attached hydrogens (tertiary/aromatic N) is 4. The van der Waals surface area contributed by atoms with Gasteiger partial charge in [0.25, 0.3) is 11.8 Å². The van der Waals surface area contributed by atoms with Crippen LogP contribution in [0.2, 0.25) is 0 Å². The summed E-state index contributed by atoms with van der Waals surface area (Å²) >= 11 is 0. The van der Waals surface area contributed by atoms with Gasteiger partial charge in [-0.25, -0.2) is 0 Å². The fraction of sp³-hybridized carbons (Fsp3) is 0.381. The van der Waals surface area contributed by atoms with E-state index in [1.807, 2.05) is 31.1 Å². The molecule has 2 aromatic rings. The molecule has 0 N–H and O–H groups in total. The highest BCUT2D eigenvalue weighted by molar-refractivity contribution is 5.96. The van der Waals surface area contributed by atoms with Crippen LogP contribution >= 0.6 is 0 Å². The summed E-state index contributed by atoms with van der Waals surface area (Å²) in [6.45, 7) is 1.11. The second-order valence-corrected chi connectivity index (χ2v) is 7.30. The first kappa shape index (κ1) is 21.6. The molecule has 0 unspecified atom stereocenters. The van der Waals surface area contributed by atoms with Crippen LogP contribution in [0, 0.1) is 0 Å². The van der Waals surface area contributed by atoms with Gasteiger partial charge < -0.3 is 14.7 Å². The number of amides is 2. The lowest BCUT2D eigenvalue weighted by Gasteiger charge is -2.23. The first-order chi connectivity index (χ1) is 14.2. The van der Waals surface area contributed by atoms with Gasteiger partial charge in [0.2, 0.25) is 0 Å². The van der Waals surface area contributed by atoms with Gasteiger partial charge >= 0.3 is 6.18 Å². The number of halogens is 3. The Hall–Kier alpha value is -3.10. The quantitative estimate of drug-likeness (QED) is 0.766. The number of pyridine rings is 1. The molecule has 3 rings (SSSR count). The molecule has 1 aliphatic heterocycles. The minimum Gasteiger partial charge on any atom is -0.378 e. The van der Waals surface area contributed by atoms with E-state index >= 15 is 0 Å². The largest absolute Gasteiger partial charge is 0.417 e. The summed E-state index contributed by atoms with van der Waals surface area (Å²) in [4.78, 5) is 34.2. The predicted octanol–water partition coefficient (Wildman–Crippen LogP) is 3.15. The molecule has 0 bridgehead atoms. The third-order valence-corrected chi connectivity index (χ3v) is 5.06. The molecule has 0 spiro atoms. The Morgan fingerprint density at radius 1 is 0.933 bits per heavy atom. The molecule has 0 aliphatic carbocycles. The van der Waals surface area contributed by atoms with Crippen molar-refractivity contribution in [3.63, 3.8) is 0 Å². The van der Waals surface area contributed by atoms with Crippen molar-refractivity contribution in [2.45, 2.75) is 12.6 Å². The van der Waals surface area contributed by atoms with Crippen LogP contribution in [0.1, 0.15) is 32.7 Å². The van der Waals surface area contributed by atoms with Crippen molar-refractivity contribution in [2.75, 3.05) is 45.2 Å². The topological polar surface area (TPSA) is 56.8 Å². The van der Waals surface area contributed by atoms with Gasteiger partial charge in [-0.15, -0.1) is 0 Å². The maximum Gasteiger partial charge on any atom is 0.417 e. The second kappa shape index (κ2) is 8.73. The van der Waals surface area contributed by atoms with Crippen molar-refractivity contribution in [1.82, 2.24) is 14.8 Å². The van der Waals surface area contributed by atoms with E-state index in [1.165, 1.54) is 4.90 Å². The van der Waals surface area contributed by atoms with Gasteiger partial charge in [0.15, 0.2) is 0 Å². The molecule has 2 heterocycles. The SMILES string of the molecule is CN(C)c1ccc(C(=O)N2CCCN(C(=O)c3cnccc3C(F)(F)F)CC2)cc1. The molecule has 1 aliphatic rings. The molecular weight excluding hydrogens is 397 g/mol. The zero-order valence-electron chi connectivity index (χ0n) is 16.8. The number of hydrogen-bond donors (Lipinski definition) is 0. The Labute approximate surface area is 172 Å². The molecule has 160 valence electrons. The van der Waals surface area contributed by atoms with E-state index in [-0.39, 0.29) is 25.5 Å². The molecule has 1 aromatic heterocycles. The number of hydrogen-bond acceptors (Lipinski definition) is 4. The van der Waals surface area contributed by atoms with E-state index in [1.54, 1.807) is 17.0 Å². The standard InChI is InChI=1S/C21H23F3N4O2/c1-26(2)16-6-4-15(5-7-16)19(29)27-10-3-11-28(13-12-27)20(30)17-14-25-9-8-18(17)21(22,23)24/h4-9,14H,3,10-13H2,1-2H3. The Morgan fingerprint density at radius 2 is 1.53 bits per heavy atom. The van der Waals surface area contributed by atoms with Gasteiger partial charge in [0, 0.05) is 63.9 Å². The monoisotopic (exact) mass is 420 g/mol. The fourth-order valence-electron chi connectivity index (χ4n) is 3.39. The minimum absolute atomic E-state index is 0.159. The Balaban J connectivity index is 1.71. The summed E-state index contributed by atoms with van der Waals surface area (Å²) in [7, 11) is 3.81. The van der Waals surface area contributed by atoms with E-state index in [4.69, 9.17) is 0 Å². The highest BCUT2D eigenvalue weighted by atomic mass is 19.4. The third kappa shape index (κ3) is 4.72. The summed E-state index contributed by atoms with van der Waals surface area (Å²) in [5.41, 5.74) is 0.0350. The molecule has 6 nitrogen and oxygen atoms in total. The summed E-state index contributed by atoms with van der Waals surface area (Å²) in [6.07, 6.45) is -2.19. The number of rotatable bonds is 3. The maximum atomic E-state index is 13.2. The first-order valence-corrected chi connectivity index (χ1v) is 9.55. The van der Waals surface area contributed by atoms with Crippen molar-refractivity contribution in [3.8, 4) is 0 Å². The molecule has 9 heteroatoms. The van der Waals surface area contributed by atoms with Crippen LogP contribution in [0.5, 0.6) is 0 Å². The van der Waals surface area contributed by atoms with Crippen LogP contribution in [0.15, 0.2) is 42.7 Å². The number of aromatic nitrogens is 1. The number of carbonyl (C=O) groups excluding carboxylic acids is 2. The first-order valence-electron chi connectivity index (χ1n) is 9.55. The molecule has 2 amide bonds. The molecule has 0 radical (unpaired) electrons. The minimum atomic E-state index is -4.64. The van der Waals surface area contributed by atoms with Gasteiger partial charge in [0.1, 0.15) is 0 Å². The lowest BCUT2D eigenvalue weighted by molar-refractivity contribution is -0.138. The Bertz CT molecular complexity index is 913. The van der Waals surface area contributed by atoms with Crippen LogP contribution in [0.4, 0.5) is 18.9 Å². The molecule has 0 saturated carbocycles. The molecule has 1 fully saturated rings. The fourth-order valence-corrected chi connectivity index (χ4v) is 3.39. The summed E-state index contributed by atoms with van der Waals surface area (Å²) < 4.78 is 39.7. The molecule has 30 heavy (non-hydrogen) atoms. The van der Waals surface area contributed by atoms with Gasteiger partial charge in [-0.1, -0.05) is 0 Å². The summed E-state index contributed by atoms with van der Waals surface area (Å²) in [6, 6.07) is 8.00. The van der Waals surface area contributed by atoms with Gasteiger partial charge in [-0.3, -0.25) is 14.6 Å². The average molecular weight is 420 g/mol. The smallest absolute Gasteiger partial charge is 0.378 e. The molecule has 0 atom stereocenters. The van der Waals surface area contributed by atoms with Crippen molar-refractivity contribution in [3.05, 3.63) is 59.4 Å². The number of benzene rings is 1. The van der Waals surface area contributed by atoms with E-state index in [0.29, 0.717) is 18.5 Å². The highest BCUT2D eigenvalue weighted by Gasteiger charge is 2.36. The summed E-state index contributed by atoms with van der Waals surface area (Å²) in [5, 5.41) is 0. The van der Waals surface area contributed by atoms with E-state index < -0.39 is 23.2 Å². The zero-order valence-corrected chi connectivity index (χ0v) is 16.8. The predicted molar refractivity (Wildman–Crippen MR) is 106 cm³/mol. The Kier molecular flexibility index (Phi) is 6.28. The van der Waals surface area contributed by atoms with E-state index in [0.717, 1.165) is 24.1 Å². The number of carbonyl (C=O) groups is 2. The van der Waals surface area contributed by atoms with Gasteiger partial charge in [-0.05, 0) is 36.8 Å². The third-order valence-electron chi connectivity index (χ3n) is 5.06. The maximum absolute atomic E-state index is 13.2. The molecule has 1 saturated heterocycles. The van der Waals surface area contributed by atoms with Crippen LogP contribution < -0.4 is 4.90 Å². The van der Waals surface area contributed by atoms with E-state index in [2.05, 4.69) is 4.98 Å². The van der Waals surface area contributed by atoms with Gasteiger partial charge in [0.05, 0.1) is 11.1 Å². The van der Waals surface area contributed by atoms with Crippen LogP contribution in [0.25, 0.3) is 0 Å². The second-order valence-electron chi connectivity index (χ2n) is 7.30. The number of anilines is 1. The molecule has 1 aromatic carbocycles. The average Bonchev–Trinajstić information content (AvgIpc) is 2.98. The number of alkyl halides is 3.